The molecular formula is C16H24N2O2. The van der Waals surface area contributed by atoms with Gasteiger partial charge in [-0.2, -0.15) is 0 Å². The summed E-state index contributed by atoms with van der Waals surface area (Å²) in [6.45, 7) is 0.465. The number of hydrogen-bond acceptors (Lipinski definition) is 3. The molecule has 0 radical (unpaired) electrons. The number of ether oxygens (including phenoxy) is 1. The van der Waals surface area contributed by atoms with Gasteiger partial charge in [-0.05, 0) is 30.0 Å². The Morgan fingerprint density at radius 3 is 2.80 bits per heavy atom. The Morgan fingerprint density at radius 1 is 1.40 bits per heavy atom. The number of carbonyl (C=O) groups is 1. The van der Waals surface area contributed by atoms with Crippen LogP contribution < -0.4 is 15.8 Å². The molecule has 0 atom stereocenters. The van der Waals surface area contributed by atoms with Crippen molar-refractivity contribution in [2.45, 2.75) is 45.1 Å². The van der Waals surface area contributed by atoms with E-state index in [1.54, 1.807) is 7.11 Å². The Labute approximate surface area is 120 Å². The summed E-state index contributed by atoms with van der Waals surface area (Å²) in [5.74, 6) is 1.47. The van der Waals surface area contributed by atoms with Crippen LogP contribution >= 0.6 is 0 Å². The average molecular weight is 276 g/mol. The molecule has 1 fully saturated rings. The molecule has 1 aliphatic carbocycles. The maximum absolute atomic E-state index is 12.0. The van der Waals surface area contributed by atoms with Gasteiger partial charge in [0.05, 0.1) is 12.8 Å². The molecule has 0 bridgehead atoms. The fourth-order valence-electron chi connectivity index (χ4n) is 2.81. The second-order valence-corrected chi connectivity index (χ2v) is 5.48. The van der Waals surface area contributed by atoms with E-state index in [4.69, 9.17) is 10.5 Å². The number of rotatable bonds is 6. The lowest BCUT2D eigenvalue weighted by Crippen LogP contribution is -2.13. The van der Waals surface area contributed by atoms with Crippen molar-refractivity contribution in [1.82, 2.24) is 0 Å². The predicted octanol–water partition coefficient (Wildman–Crippen LogP) is 3.06. The molecule has 20 heavy (non-hydrogen) atoms. The molecule has 1 aromatic carbocycles. The first-order chi connectivity index (χ1) is 9.72. The molecular weight excluding hydrogens is 252 g/mol. The Hall–Kier alpha value is -1.55. The summed E-state index contributed by atoms with van der Waals surface area (Å²) in [5, 5.41) is 2.93. The van der Waals surface area contributed by atoms with Gasteiger partial charge in [0, 0.05) is 13.0 Å². The summed E-state index contributed by atoms with van der Waals surface area (Å²) in [7, 11) is 1.60. The van der Waals surface area contributed by atoms with Gasteiger partial charge in [0.1, 0.15) is 5.75 Å². The molecule has 0 aliphatic heterocycles. The van der Waals surface area contributed by atoms with Crippen molar-refractivity contribution in [3.8, 4) is 5.75 Å². The van der Waals surface area contributed by atoms with E-state index in [0.29, 0.717) is 18.7 Å². The minimum absolute atomic E-state index is 0.0655. The first-order valence-corrected chi connectivity index (χ1v) is 7.39. The van der Waals surface area contributed by atoms with Crippen LogP contribution in [0.5, 0.6) is 5.75 Å². The number of benzene rings is 1. The summed E-state index contributed by atoms with van der Waals surface area (Å²) in [6.07, 6.45) is 6.78. The van der Waals surface area contributed by atoms with E-state index in [0.717, 1.165) is 23.6 Å². The normalized spacial score (nSPS) is 15.3. The minimum Gasteiger partial charge on any atom is -0.495 e. The fraction of sp³-hybridized carbons (Fsp3) is 0.562. The van der Waals surface area contributed by atoms with Gasteiger partial charge < -0.3 is 15.8 Å². The Balaban J connectivity index is 1.89. The maximum Gasteiger partial charge on any atom is 0.224 e. The lowest BCUT2D eigenvalue weighted by atomic mass is 10.0. The van der Waals surface area contributed by atoms with Gasteiger partial charge in [0.2, 0.25) is 5.91 Å². The van der Waals surface area contributed by atoms with Crippen LogP contribution in [-0.4, -0.2) is 13.0 Å². The second-order valence-electron chi connectivity index (χ2n) is 5.48. The molecule has 4 heteroatoms. The zero-order valence-corrected chi connectivity index (χ0v) is 12.2. The monoisotopic (exact) mass is 276 g/mol. The molecule has 0 unspecified atom stereocenters. The smallest absolute Gasteiger partial charge is 0.224 e. The standard InChI is InChI=1S/C16H24N2O2/c1-20-15-10-13(11-17)6-8-14(15)18-16(19)9-7-12-4-2-3-5-12/h6,8,10,12H,2-5,7,9,11,17H2,1H3,(H,18,19). The van der Waals surface area contributed by atoms with Gasteiger partial charge in [-0.25, -0.2) is 0 Å². The van der Waals surface area contributed by atoms with Gasteiger partial charge in [-0.1, -0.05) is 31.7 Å². The van der Waals surface area contributed by atoms with Crippen LogP contribution in [0.1, 0.15) is 44.1 Å². The molecule has 1 amide bonds. The summed E-state index contributed by atoms with van der Waals surface area (Å²) < 4.78 is 5.30. The molecule has 1 saturated carbocycles. The highest BCUT2D eigenvalue weighted by Crippen LogP contribution is 2.29. The third-order valence-electron chi connectivity index (χ3n) is 4.03. The van der Waals surface area contributed by atoms with Crippen molar-refractivity contribution in [2.24, 2.45) is 11.7 Å². The molecule has 1 aromatic rings. The first-order valence-electron chi connectivity index (χ1n) is 7.39. The van der Waals surface area contributed by atoms with Gasteiger partial charge >= 0.3 is 0 Å². The van der Waals surface area contributed by atoms with E-state index in [9.17, 15) is 4.79 Å². The van der Waals surface area contributed by atoms with Crippen molar-refractivity contribution < 1.29 is 9.53 Å². The minimum atomic E-state index is 0.0655. The predicted molar refractivity (Wildman–Crippen MR) is 80.7 cm³/mol. The number of hydrogen-bond donors (Lipinski definition) is 2. The lowest BCUT2D eigenvalue weighted by Gasteiger charge is -2.12. The average Bonchev–Trinajstić information content (AvgIpc) is 2.99. The molecule has 2 rings (SSSR count). The zero-order chi connectivity index (χ0) is 14.4. The molecule has 1 aliphatic rings. The summed E-state index contributed by atoms with van der Waals surface area (Å²) in [6, 6.07) is 5.64. The van der Waals surface area contributed by atoms with Crippen LogP contribution in [0.2, 0.25) is 0 Å². The highest BCUT2D eigenvalue weighted by molar-refractivity contribution is 5.92. The van der Waals surface area contributed by atoms with E-state index in [1.165, 1.54) is 25.7 Å². The van der Waals surface area contributed by atoms with E-state index in [1.807, 2.05) is 18.2 Å². The fourth-order valence-corrected chi connectivity index (χ4v) is 2.81. The molecule has 110 valence electrons. The van der Waals surface area contributed by atoms with Gasteiger partial charge in [0.25, 0.3) is 0 Å². The van der Waals surface area contributed by atoms with E-state index >= 15 is 0 Å². The van der Waals surface area contributed by atoms with Crippen LogP contribution in [0, 0.1) is 5.92 Å². The molecule has 0 saturated heterocycles. The number of nitrogens with two attached hydrogens (primary N) is 1. The van der Waals surface area contributed by atoms with Crippen LogP contribution in [0.15, 0.2) is 18.2 Å². The van der Waals surface area contributed by atoms with Crippen molar-refractivity contribution in [1.29, 1.82) is 0 Å². The van der Waals surface area contributed by atoms with Gasteiger partial charge in [-0.15, -0.1) is 0 Å². The van der Waals surface area contributed by atoms with Crippen LogP contribution in [0.4, 0.5) is 5.69 Å². The Bertz CT molecular complexity index is 454. The topological polar surface area (TPSA) is 64.3 Å². The number of nitrogens with one attached hydrogen (secondary N) is 1. The SMILES string of the molecule is COc1cc(CN)ccc1NC(=O)CCC1CCCC1. The van der Waals surface area contributed by atoms with Crippen LogP contribution in [-0.2, 0) is 11.3 Å². The number of methoxy groups -OCH3 is 1. The Morgan fingerprint density at radius 2 is 2.15 bits per heavy atom. The first kappa shape index (κ1) is 14.9. The third kappa shape index (κ3) is 3.97. The van der Waals surface area contributed by atoms with Gasteiger partial charge in [-0.3, -0.25) is 4.79 Å². The van der Waals surface area contributed by atoms with E-state index in [2.05, 4.69) is 5.32 Å². The van der Waals surface area contributed by atoms with E-state index in [-0.39, 0.29) is 5.91 Å². The molecule has 0 heterocycles. The van der Waals surface area contributed by atoms with Gasteiger partial charge in [0.15, 0.2) is 0 Å². The summed E-state index contributed by atoms with van der Waals surface area (Å²) >= 11 is 0. The molecule has 0 spiro atoms. The van der Waals surface area contributed by atoms with Crippen molar-refractivity contribution >= 4 is 11.6 Å². The van der Waals surface area contributed by atoms with E-state index < -0.39 is 0 Å². The highest BCUT2D eigenvalue weighted by atomic mass is 16.5. The quantitative estimate of drug-likeness (QED) is 0.839. The van der Waals surface area contributed by atoms with Crippen LogP contribution in [0.3, 0.4) is 0 Å². The van der Waals surface area contributed by atoms with Crippen molar-refractivity contribution in [3.05, 3.63) is 23.8 Å². The van der Waals surface area contributed by atoms with Crippen molar-refractivity contribution in [3.63, 3.8) is 0 Å². The Kier molecular flexibility index (Phi) is 5.41. The number of anilines is 1. The third-order valence-corrected chi connectivity index (χ3v) is 4.03. The maximum atomic E-state index is 12.0. The van der Waals surface area contributed by atoms with Crippen molar-refractivity contribution in [2.75, 3.05) is 12.4 Å². The number of amides is 1. The second kappa shape index (κ2) is 7.29. The largest absolute Gasteiger partial charge is 0.495 e. The molecule has 4 nitrogen and oxygen atoms in total. The molecule has 0 aromatic heterocycles. The summed E-state index contributed by atoms with van der Waals surface area (Å²) in [4.78, 5) is 12.0. The summed E-state index contributed by atoms with van der Waals surface area (Å²) in [5.41, 5.74) is 7.31. The lowest BCUT2D eigenvalue weighted by molar-refractivity contribution is -0.116. The molecule has 3 N–H and O–H groups in total. The highest BCUT2D eigenvalue weighted by Gasteiger charge is 2.16. The van der Waals surface area contributed by atoms with Crippen LogP contribution in [0.25, 0.3) is 0 Å². The number of carbonyl (C=O) groups excluding carboxylic acids is 1. The zero-order valence-electron chi connectivity index (χ0n) is 12.2.